The van der Waals surface area contributed by atoms with Crippen molar-refractivity contribution >= 4 is 29.1 Å². The third kappa shape index (κ3) is 3.31. The van der Waals surface area contributed by atoms with Crippen molar-refractivity contribution in [2.24, 2.45) is 5.92 Å². The van der Waals surface area contributed by atoms with Gasteiger partial charge in [0, 0.05) is 16.8 Å². The van der Waals surface area contributed by atoms with Crippen LogP contribution in [-0.2, 0) is 9.53 Å². The van der Waals surface area contributed by atoms with Gasteiger partial charge >= 0.3 is 5.97 Å². The molecule has 0 radical (unpaired) electrons. The van der Waals surface area contributed by atoms with E-state index in [2.05, 4.69) is 9.72 Å². The Kier molecular flexibility index (Phi) is 4.41. The molecule has 0 saturated carbocycles. The minimum Gasteiger partial charge on any atom is -0.469 e. The number of ether oxygens (including phenoxy) is 1. The van der Waals surface area contributed by atoms with Crippen LogP contribution in [0.2, 0.25) is 0 Å². The zero-order chi connectivity index (χ0) is 10.6. The summed E-state index contributed by atoms with van der Waals surface area (Å²) >= 11 is 3.21. The zero-order valence-electron chi connectivity index (χ0n) is 8.44. The van der Waals surface area contributed by atoms with E-state index in [9.17, 15) is 4.79 Å². The number of carbonyl (C=O) groups excluding carboxylic acids is 1. The van der Waals surface area contributed by atoms with Crippen LogP contribution in [0, 0.1) is 12.8 Å². The van der Waals surface area contributed by atoms with E-state index in [4.69, 9.17) is 0 Å². The molecular formula is C9H13NO2S2. The Labute approximate surface area is 91.9 Å². The molecule has 0 aromatic carbocycles. The second kappa shape index (κ2) is 5.36. The fourth-order valence-electron chi connectivity index (χ4n) is 0.864. The first kappa shape index (κ1) is 11.5. The van der Waals surface area contributed by atoms with Crippen molar-refractivity contribution in [1.29, 1.82) is 0 Å². The van der Waals surface area contributed by atoms with Gasteiger partial charge in [-0.1, -0.05) is 18.7 Å². The van der Waals surface area contributed by atoms with Crippen LogP contribution in [0.25, 0.3) is 0 Å². The lowest BCUT2D eigenvalue weighted by Crippen LogP contribution is -2.14. The maximum atomic E-state index is 11.1. The molecular weight excluding hydrogens is 218 g/mol. The summed E-state index contributed by atoms with van der Waals surface area (Å²) in [5, 5.41) is 2.01. The number of aromatic nitrogens is 1. The lowest BCUT2D eigenvalue weighted by Gasteiger charge is -2.06. The first-order valence-corrected chi connectivity index (χ1v) is 6.12. The van der Waals surface area contributed by atoms with Crippen LogP contribution in [-0.4, -0.2) is 23.8 Å². The van der Waals surface area contributed by atoms with Gasteiger partial charge in [0.1, 0.15) is 4.34 Å². The normalized spacial score (nSPS) is 12.5. The van der Waals surface area contributed by atoms with Gasteiger partial charge in [0.2, 0.25) is 0 Å². The minimum absolute atomic E-state index is 0.0748. The highest BCUT2D eigenvalue weighted by atomic mass is 32.2. The van der Waals surface area contributed by atoms with Crippen LogP contribution in [0.4, 0.5) is 0 Å². The van der Waals surface area contributed by atoms with Gasteiger partial charge in [-0.3, -0.25) is 4.79 Å². The first-order valence-electron chi connectivity index (χ1n) is 4.26. The van der Waals surface area contributed by atoms with Crippen LogP contribution < -0.4 is 0 Å². The molecule has 14 heavy (non-hydrogen) atoms. The molecule has 78 valence electrons. The molecule has 1 unspecified atom stereocenters. The summed E-state index contributed by atoms with van der Waals surface area (Å²) in [6.07, 6.45) is 0. The molecule has 5 heteroatoms. The second-order valence-corrected chi connectivity index (χ2v) is 5.12. The standard InChI is InChI=1S/C9H13NO2S2/c1-6(8(11)12-3)4-13-9-10-7(2)5-14-9/h5-6H,4H2,1-3H3. The van der Waals surface area contributed by atoms with Gasteiger partial charge in [-0.2, -0.15) is 0 Å². The third-order valence-corrected chi connectivity index (χ3v) is 4.06. The SMILES string of the molecule is COC(=O)C(C)CSc1nc(C)cs1. The van der Waals surface area contributed by atoms with Crippen molar-refractivity contribution in [2.75, 3.05) is 12.9 Å². The highest BCUT2D eigenvalue weighted by molar-refractivity contribution is 8.01. The van der Waals surface area contributed by atoms with E-state index in [1.54, 1.807) is 23.1 Å². The van der Waals surface area contributed by atoms with Crippen LogP contribution in [0.5, 0.6) is 0 Å². The van der Waals surface area contributed by atoms with Gasteiger partial charge in [0.05, 0.1) is 13.0 Å². The Hall–Kier alpha value is -0.550. The Morgan fingerprint density at radius 1 is 1.79 bits per heavy atom. The maximum absolute atomic E-state index is 11.1. The maximum Gasteiger partial charge on any atom is 0.309 e. The Balaban J connectivity index is 2.37. The number of carbonyl (C=O) groups is 1. The Bertz CT molecular complexity index is 312. The number of rotatable bonds is 4. The van der Waals surface area contributed by atoms with Crippen molar-refractivity contribution in [1.82, 2.24) is 4.98 Å². The molecule has 0 bridgehead atoms. The van der Waals surface area contributed by atoms with Gasteiger partial charge < -0.3 is 4.74 Å². The van der Waals surface area contributed by atoms with Gasteiger partial charge in [-0.25, -0.2) is 4.98 Å². The number of hydrogen-bond acceptors (Lipinski definition) is 5. The molecule has 1 heterocycles. The van der Waals surface area contributed by atoms with E-state index < -0.39 is 0 Å². The minimum atomic E-state index is -0.161. The van der Waals surface area contributed by atoms with E-state index in [0.717, 1.165) is 15.8 Å². The Morgan fingerprint density at radius 3 is 3.00 bits per heavy atom. The predicted octanol–water partition coefficient (Wildman–Crippen LogP) is 2.35. The molecule has 0 aliphatic carbocycles. The van der Waals surface area contributed by atoms with E-state index in [1.165, 1.54) is 7.11 Å². The number of methoxy groups -OCH3 is 1. The quantitative estimate of drug-likeness (QED) is 0.589. The molecule has 0 aliphatic rings. The summed E-state index contributed by atoms with van der Waals surface area (Å²) < 4.78 is 5.65. The lowest BCUT2D eigenvalue weighted by molar-refractivity contribution is -0.143. The summed E-state index contributed by atoms with van der Waals surface area (Å²) in [7, 11) is 1.41. The highest BCUT2D eigenvalue weighted by Gasteiger charge is 2.13. The average Bonchev–Trinajstić information content (AvgIpc) is 2.59. The molecule has 3 nitrogen and oxygen atoms in total. The van der Waals surface area contributed by atoms with Crippen LogP contribution >= 0.6 is 23.1 Å². The topological polar surface area (TPSA) is 39.2 Å². The molecule has 0 amide bonds. The molecule has 0 fully saturated rings. The number of esters is 1. The molecule has 0 N–H and O–H groups in total. The lowest BCUT2D eigenvalue weighted by atomic mass is 10.2. The fraction of sp³-hybridized carbons (Fsp3) is 0.556. The predicted molar refractivity (Wildman–Crippen MR) is 58.8 cm³/mol. The van der Waals surface area contributed by atoms with E-state index in [0.29, 0.717) is 0 Å². The first-order chi connectivity index (χ1) is 6.63. The molecule has 0 saturated heterocycles. The van der Waals surface area contributed by atoms with Gasteiger partial charge in [0.15, 0.2) is 0 Å². The molecule has 0 aliphatic heterocycles. The second-order valence-electron chi connectivity index (χ2n) is 2.99. The summed E-state index contributed by atoms with van der Waals surface area (Å²) in [4.78, 5) is 15.4. The molecule has 1 aromatic rings. The summed E-state index contributed by atoms with van der Waals surface area (Å²) in [6.45, 7) is 3.82. The van der Waals surface area contributed by atoms with Crippen LogP contribution in [0.15, 0.2) is 9.72 Å². The van der Waals surface area contributed by atoms with Gasteiger partial charge in [-0.05, 0) is 6.92 Å². The molecule has 1 rings (SSSR count). The van der Waals surface area contributed by atoms with Gasteiger partial charge in [0.25, 0.3) is 0 Å². The summed E-state index contributed by atoms with van der Waals surface area (Å²) in [5.41, 5.74) is 1.03. The number of thiazole rings is 1. The van der Waals surface area contributed by atoms with Crippen molar-refractivity contribution in [2.45, 2.75) is 18.2 Å². The number of thioether (sulfide) groups is 1. The van der Waals surface area contributed by atoms with Crippen molar-refractivity contribution in [3.05, 3.63) is 11.1 Å². The van der Waals surface area contributed by atoms with Gasteiger partial charge in [-0.15, -0.1) is 11.3 Å². The molecule has 1 aromatic heterocycles. The van der Waals surface area contributed by atoms with Crippen LogP contribution in [0.3, 0.4) is 0 Å². The van der Waals surface area contributed by atoms with Crippen molar-refractivity contribution < 1.29 is 9.53 Å². The third-order valence-electron chi connectivity index (χ3n) is 1.66. The largest absolute Gasteiger partial charge is 0.469 e. The van der Waals surface area contributed by atoms with E-state index >= 15 is 0 Å². The molecule has 1 atom stereocenters. The van der Waals surface area contributed by atoms with Crippen molar-refractivity contribution in [3.8, 4) is 0 Å². The fourth-order valence-corrected chi connectivity index (χ4v) is 2.74. The number of nitrogens with zero attached hydrogens (tertiary/aromatic N) is 1. The molecule has 0 spiro atoms. The number of aryl methyl sites for hydroxylation is 1. The van der Waals surface area contributed by atoms with Crippen LogP contribution in [0.1, 0.15) is 12.6 Å². The summed E-state index contributed by atoms with van der Waals surface area (Å²) in [6, 6.07) is 0. The monoisotopic (exact) mass is 231 g/mol. The van der Waals surface area contributed by atoms with E-state index in [1.807, 2.05) is 19.2 Å². The summed E-state index contributed by atoms with van der Waals surface area (Å²) in [5.74, 6) is 0.486. The van der Waals surface area contributed by atoms with E-state index in [-0.39, 0.29) is 11.9 Å². The number of hydrogen-bond donors (Lipinski definition) is 0. The average molecular weight is 231 g/mol. The van der Waals surface area contributed by atoms with Crippen molar-refractivity contribution in [3.63, 3.8) is 0 Å². The highest BCUT2D eigenvalue weighted by Crippen LogP contribution is 2.24. The smallest absolute Gasteiger partial charge is 0.309 e. The zero-order valence-corrected chi connectivity index (χ0v) is 10.1. The Morgan fingerprint density at radius 2 is 2.50 bits per heavy atom.